The van der Waals surface area contributed by atoms with Gasteiger partial charge in [0.2, 0.25) is 0 Å². The Hall–Kier alpha value is -1.68. The SMILES string of the molecule is CC(C)N1CCc2nnc(Cc3ccccc3)n2CC1. The van der Waals surface area contributed by atoms with Gasteiger partial charge in [0.15, 0.2) is 0 Å². The highest BCUT2D eigenvalue weighted by molar-refractivity contribution is 5.19. The monoisotopic (exact) mass is 270 g/mol. The molecule has 0 unspecified atom stereocenters. The number of aromatic nitrogens is 3. The summed E-state index contributed by atoms with van der Waals surface area (Å²) in [5.74, 6) is 2.23. The normalized spacial score (nSPS) is 16.1. The lowest BCUT2D eigenvalue weighted by Gasteiger charge is -2.23. The highest BCUT2D eigenvalue weighted by atomic mass is 15.3. The van der Waals surface area contributed by atoms with Crippen LogP contribution in [0.3, 0.4) is 0 Å². The van der Waals surface area contributed by atoms with E-state index >= 15 is 0 Å². The summed E-state index contributed by atoms with van der Waals surface area (Å²) in [5, 5.41) is 8.79. The Morgan fingerprint density at radius 3 is 2.60 bits per heavy atom. The predicted octanol–water partition coefficient (Wildman–Crippen LogP) is 2.14. The van der Waals surface area contributed by atoms with Crippen LogP contribution in [0, 0.1) is 0 Å². The Morgan fingerprint density at radius 2 is 1.85 bits per heavy atom. The van der Waals surface area contributed by atoms with Crippen molar-refractivity contribution in [2.75, 3.05) is 13.1 Å². The number of fused-ring (bicyclic) bond motifs is 1. The lowest BCUT2D eigenvalue weighted by molar-refractivity contribution is 0.226. The van der Waals surface area contributed by atoms with Gasteiger partial charge in [-0.2, -0.15) is 0 Å². The van der Waals surface area contributed by atoms with Gasteiger partial charge >= 0.3 is 0 Å². The van der Waals surface area contributed by atoms with Crippen molar-refractivity contribution >= 4 is 0 Å². The Labute approximate surface area is 120 Å². The average molecular weight is 270 g/mol. The minimum Gasteiger partial charge on any atom is -0.313 e. The minimum absolute atomic E-state index is 0.602. The first kappa shape index (κ1) is 13.3. The molecule has 2 aromatic rings. The zero-order valence-corrected chi connectivity index (χ0v) is 12.3. The van der Waals surface area contributed by atoms with Crippen LogP contribution in [0.25, 0.3) is 0 Å². The van der Waals surface area contributed by atoms with Crippen molar-refractivity contribution in [3.8, 4) is 0 Å². The van der Waals surface area contributed by atoms with Crippen LogP contribution in [0.4, 0.5) is 0 Å². The quantitative estimate of drug-likeness (QED) is 0.857. The molecule has 20 heavy (non-hydrogen) atoms. The van der Waals surface area contributed by atoms with Gasteiger partial charge in [0.25, 0.3) is 0 Å². The lowest BCUT2D eigenvalue weighted by Crippen LogP contribution is -2.33. The van der Waals surface area contributed by atoms with Gasteiger partial charge < -0.3 is 4.57 Å². The van der Waals surface area contributed by atoms with Gasteiger partial charge in [0.05, 0.1) is 0 Å². The Bertz CT molecular complexity index is 559. The minimum atomic E-state index is 0.602. The smallest absolute Gasteiger partial charge is 0.137 e. The molecular formula is C16H22N4. The molecule has 0 amide bonds. The van der Waals surface area contributed by atoms with Crippen molar-refractivity contribution in [1.82, 2.24) is 19.7 Å². The molecule has 0 saturated carbocycles. The first-order valence-corrected chi connectivity index (χ1v) is 7.43. The number of hydrogen-bond donors (Lipinski definition) is 0. The predicted molar refractivity (Wildman–Crippen MR) is 79.7 cm³/mol. The number of nitrogens with zero attached hydrogens (tertiary/aromatic N) is 4. The van der Waals surface area contributed by atoms with Crippen LogP contribution in [0.5, 0.6) is 0 Å². The molecule has 106 valence electrons. The molecule has 0 atom stereocenters. The third kappa shape index (κ3) is 2.75. The molecule has 0 N–H and O–H groups in total. The molecule has 3 rings (SSSR count). The van der Waals surface area contributed by atoms with Crippen molar-refractivity contribution in [2.45, 2.75) is 39.3 Å². The second-order valence-corrected chi connectivity index (χ2v) is 5.73. The van der Waals surface area contributed by atoms with Crippen LogP contribution in [-0.4, -0.2) is 38.8 Å². The van der Waals surface area contributed by atoms with Gasteiger partial charge in [-0.25, -0.2) is 0 Å². The van der Waals surface area contributed by atoms with Crippen molar-refractivity contribution in [1.29, 1.82) is 0 Å². The van der Waals surface area contributed by atoms with Crippen molar-refractivity contribution in [2.24, 2.45) is 0 Å². The molecule has 0 aliphatic carbocycles. The maximum atomic E-state index is 4.40. The molecule has 4 nitrogen and oxygen atoms in total. The molecule has 1 aliphatic heterocycles. The molecule has 0 saturated heterocycles. The van der Waals surface area contributed by atoms with Crippen LogP contribution >= 0.6 is 0 Å². The lowest BCUT2D eigenvalue weighted by atomic mass is 10.1. The molecule has 0 spiro atoms. The van der Waals surface area contributed by atoms with Gasteiger partial charge in [-0.05, 0) is 19.4 Å². The van der Waals surface area contributed by atoms with Gasteiger partial charge in [0, 0.05) is 38.5 Å². The largest absolute Gasteiger partial charge is 0.313 e. The molecule has 0 bridgehead atoms. The number of rotatable bonds is 3. The third-order valence-corrected chi connectivity index (χ3v) is 4.07. The highest BCUT2D eigenvalue weighted by Gasteiger charge is 2.19. The first-order chi connectivity index (χ1) is 9.74. The molecule has 1 aromatic heterocycles. The summed E-state index contributed by atoms with van der Waals surface area (Å²) in [4.78, 5) is 2.51. The molecule has 4 heteroatoms. The van der Waals surface area contributed by atoms with Gasteiger partial charge in [-0.1, -0.05) is 30.3 Å². The molecule has 0 fully saturated rings. The average Bonchev–Trinajstić information content (AvgIpc) is 2.70. The van der Waals surface area contributed by atoms with Crippen LogP contribution in [-0.2, 0) is 19.4 Å². The molecule has 2 heterocycles. The second kappa shape index (κ2) is 5.75. The second-order valence-electron chi connectivity index (χ2n) is 5.73. The first-order valence-electron chi connectivity index (χ1n) is 7.43. The topological polar surface area (TPSA) is 34.0 Å². The van der Waals surface area contributed by atoms with Crippen LogP contribution in [0.1, 0.15) is 31.1 Å². The fourth-order valence-corrected chi connectivity index (χ4v) is 2.82. The third-order valence-electron chi connectivity index (χ3n) is 4.07. The molecule has 1 aliphatic rings. The Morgan fingerprint density at radius 1 is 1.05 bits per heavy atom. The van der Waals surface area contributed by atoms with Gasteiger partial charge in [0.1, 0.15) is 11.6 Å². The zero-order chi connectivity index (χ0) is 13.9. The van der Waals surface area contributed by atoms with E-state index in [1.165, 1.54) is 5.56 Å². The van der Waals surface area contributed by atoms with Crippen molar-refractivity contribution < 1.29 is 0 Å². The Kier molecular flexibility index (Phi) is 3.83. The van der Waals surface area contributed by atoms with Crippen LogP contribution < -0.4 is 0 Å². The van der Waals surface area contributed by atoms with E-state index in [1.807, 2.05) is 6.07 Å². The maximum Gasteiger partial charge on any atom is 0.137 e. The van der Waals surface area contributed by atoms with Gasteiger partial charge in [-0.15, -0.1) is 10.2 Å². The van der Waals surface area contributed by atoms with E-state index in [0.29, 0.717) is 6.04 Å². The number of benzene rings is 1. The summed E-state index contributed by atoms with van der Waals surface area (Å²) in [6.45, 7) is 7.70. The summed E-state index contributed by atoms with van der Waals surface area (Å²) in [6, 6.07) is 11.1. The molecule has 0 radical (unpaired) electrons. The summed E-state index contributed by atoms with van der Waals surface area (Å²) in [6.07, 6.45) is 1.87. The van der Waals surface area contributed by atoms with E-state index in [0.717, 1.165) is 44.1 Å². The maximum absolute atomic E-state index is 4.40. The van der Waals surface area contributed by atoms with E-state index < -0.39 is 0 Å². The summed E-state index contributed by atoms with van der Waals surface area (Å²) >= 11 is 0. The fourth-order valence-electron chi connectivity index (χ4n) is 2.82. The van der Waals surface area contributed by atoms with E-state index in [2.05, 4.69) is 57.8 Å². The van der Waals surface area contributed by atoms with Crippen LogP contribution in [0.15, 0.2) is 30.3 Å². The van der Waals surface area contributed by atoms with Crippen molar-refractivity contribution in [3.05, 3.63) is 47.5 Å². The summed E-state index contributed by atoms with van der Waals surface area (Å²) < 4.78 is 2.31. The molecule has 1 aromatic carbocycles. The summed E-state index contributed by atoms with van der Waals surface area (Å²) in [7, 11) is 0. The van der Waals surface area contributed by atoms with E-state index in [-0.39, 0.29) is 0 Å². The van der Waals surface area contributed by atoms with E-state index in [4.69, 9.17) is 0 Å². The molecular weight excluding hydrogens is 248 g/mol. The Balaban J connectivity index is 1.78. The van der Waals surface area contributed by atoms with E-state index in [1.54, 1.807) is 0 Å². The zero-order valence-electron chi connectivity index (χ0n) is 12.3. The number of hydrogen-bond acceptors (Lipinski definition) is 3. The van der Waals surface area contributed by atoms with Crippen LogP contribution in [0.2, 0.25) is 0 Å². The highest BCUT2D eigenvalue weighted by Crippen LogP contribution is 2.14. The summed E-state index contributed by atoms with van der Waals surface area (Å²) in [5.41, 5.74) is 1.30. The van der Waals surface area contributed by atoms with Gasteiger partial charge in [-0.3, -0.25) is 4.90 Å². The standard InChI is InChI=1S/C16H22N4/c1-13(2)19-9-8-15-17-18-16(20(15)11-10-19)12-14-6-4-3-5-7-14/h3-7,13H,8-12H2,1-2H3. The fraction of sp³-hybridized carbons (Fsp3) is 0.500. The van der Waals surface area contributed by atoms with Crippen molar-refractivity contribution in [3.63, 3.8) is 0 Å². The van der Waals surface area contributed by atoms with E-state index in [9.17, 15) is 0 Å².